The predicted octanol–water partition coefficient (Wildman–Crippen LogP) is 3.68. The summed E-state index contributed by atoms with van der Waals surface area (Å²) in [6, 6.07) is 16.1. The van der Waals surface area contributed by atoms with Crippen molar-refractivity contribution in [1.29, 1.82) is 0 Å². The van der Waals surface area contributed by atoms with Crippen LogP contribution in [0.25, 0.3) is 5.76 Å². The molecule has 1 unspecified atom stereocenters. The lowest BCUT2D eigenvalue weighted by Gasteiger charge is -2.26. The van der Waals surface area contributed by atoms with E-state index in [0.29, 0.717) is 29.2 Å². The molecule has 1 amide bonds. The van der Waals surface area contributed by atoms with Crippen LogP contribution in [0.1, 0.15) is 29.7 Å². The molecule has 0 spiro atoms. The van der Waals surface area contributed by atoms with Crippen LogP contribution in [0, 0.1) is 6.92 Å². The van der Waals surface area contributed by atoms with Gasteiger partial charge in [-0.05, 0) is 79.6 Å². The first-order valence-corrected chi connectivity index (χ1v) is 12.9. The zero-order valence-electron chi connectivity index (χ0n) is 20.5. The number of amides is 1. The molecule has 1 aliphatic rings. The molecule has 1 heterocycles. The summed E-state index contributed by atoms with van der Waals surface area (Å²) in [6.45, 7) is 4.14. The number of nitrogens with two attached hydrogens (primary N) is 1. The lowest BCUT2D eigenvalue weighted by atomic mass is 9.94. The molecule has 0 radical (unpaired) electrons. The maximum absolute atomic E-state index is 13.3. The van der Waals surface area contributed by atoms with Gasteiger partial charge < -0.3 is 14.6 Å². The Morgan fingerprint density at radius 1 is 1.05 bits per heavy atom. The number of benzene rings is 3. The molecule has 4 rings (SSSR count). The number of methoxy groups -OCH3 is 1. The highest BCUT2D eigenvalue weighted by Gasteiger charge is 2.47. The monoisotopic (exact) mass is 522 g/mol. The van der Waals surface area contributed by atoms with E-state index >= 15 is 0 Å². The number of Topliss-reactive ketones (excluding diaryl/α,β-unsaturated/α-hetero) is 1. The molecule has 0 saturated carbocycles. The van der Waals surface area contributed by atoms with E-state index < -0.39 is 27.8 Å². The summed E-state index contributed by atoms with van der Waals surface area (Å²) in [5, 5.41) is 16.5. The van der Waals surface area contributed by atoms with E-state index in [2.05, 4.69) is 0 Å². The summed E-state index contributed by atoms with van der Waals surface area (Å²) < 4.78 is 34.3. The summed E-state index contributed by atoms with van der Waals surface area (Å²) in [5.74, 6) is -0.975. The zero-order chi connectivity index (χ0) is 26.9. The normalized spacial score (nSPS) is 17.2. The number of sulfonamides is 1. The largest absolute Gasteiger partial charge is 0.507 e. The molecule has 37 heavy (non-hydrogen) atoms. The fourth-order valence-electron chi connectivity index (χ4n) is 4.29. The number of ether oxygens (including phenoxy) is 2. The Kier molecular flexibility index (Phi) is 7.06. The van der Waals surface area contributed by atoms with Gasteiger partial charge in [0.1, 0.15) is 17.3 Å². The molecular weight excluding hydrogens is 496 g/mol. The van der Waals surface area contributed by atoms with E-state index in [1.54, 1.807) is 42.5 Å². The maximum Gasteiger partial charge on any atom is 0.300 e. The third-order valence-corrected chi connectivity index (χ3v) is 6.97. The van der Waals surface area contributed by atoms with Gasteiger partial charge in [0, 0.05) is 11.3 Å². The Labute approximate surface area is 214 Å². The van der Waals surface area contributed by atoms with Crippen LogP contribution in [-0.4, -0.2) is 38.9 Å². The van der Waals surface area contributed by atoms with Crippen LogP contribution in [0.15, 0.2) is 77.2 Å². The van der Waals surface area contributed by atoms with Crippen LogP contribution in [0.4, 0.5) is 5.69 Å². The summed E-state index contributed by atoms with van der Waals surface area (Å²) in [4.78, 5) is 27.7. The molecular formula is C27H26N2O7S. The summed E-state index contributed by atoms with van der Waals surface area (Å²) in [6.07, 6.45) is 0. The van der Waals surface area contributed by atoms with Crippen molar-refractivity contribution in [3.8, 4) is 11.5 Å². The van der Waals surface area contributed by atoms with Gasteiger partial charge in [0.15, 0.2) is 0 Å². The quantitative estimate of drug-likeness (QED) is 0.274. The van der Waals surface area contributed by atoms with E-state index in [4.69, 9.17) is 14.6 Å². The number of carbonyl (C=O) groups is 2. The first-order valence-electron chi connectivity index (χ1n) is 11.4. The van der Waals surface area contributed by atoms with Crippen molar-refractivity contribution in [3.63, 3.8) is 0 Å². The molecule has 3 N–H and O–H groups in total. The Morgan fingerprint density at radius 2 is 1.76 bits per heavy atom. The van der Waals surface area contributed by atoms with E-state index in [9.17, 15) is 23.1 Å². The van der Waals surface area contributed by atoms with Crippen molar-refractivity contribution in [2.24, 2.45) is 5.14 Å². The second kappa shape index (κ2) is 10.1. The van der Waals surface area contributed by atoms with Crippen LogP contribution in [-0.2, 0) is 19.6 Å². The van der Waals surface area contributed by atoms with E-state index in [-0.39, 0.29) is 21.9 Å². The Morgan fingerprint density at radius 3 is 2.35 bits per heavy atom. The predicted molar refractivity (Wildman–Crippen MR) is 138 cm³/mol. The smallest absolute Gasteiger partial charge is 0.300 e. The molecule has 0 aliphatic carbocycles. The number of ketones is 1. The molecule has 3 aromatic rings. The van der Waals surface area contributed by atoms with Gasteiger partial charge in [0.05, 0.1) is 30.2 Å². The van der Waals surface area contributed by atoms with Crippen LogP contribution in [0.2, 0.25) is 0 Å². The van der Waals surface area contributed by atoms with Crippen LogP contribution < -0.4 is 19.5 Å². The van der Waals surface area contributed by atoms with Gasteiger partial charge in [-0.3, -0.25) is 14.5 Å². The van der Waals surface area contributed by atoms with Gasteiger partial charge in [-0.1, -0.05) is 12.1 Å². The minimum absolute atomic E-state index is 0.114. The van der Waals surface area contributed by atoms with Crippen molar-refractivity contribution >= 4 is 33.2 Å². The Bertz CT molecular complexity index is 1510. The molecule has 10 heteroatoms. The molecule has 0 aromatic heterocycles. The van der Waals surface area contributed by atoms with Gasteiger partial charge in [0.25, 0.3) is 11.7 Å². The summed E-state index contributed by atoms with van der Waals surface area (Å²) in [7, 11) is -2.47. The number of primary sulfonamides is 1. The number of aliphatic hydroxyl groups is 1. The molecule has 3 aromatic carbocycles. The maximum atomic E-state index is 13.3. The molecule has 1 aliphatic heterocycles. The van der Waals surface area contributed by atoms with Crippen molar-refractivity contribution in [1.82, 2.24) is 0 Å². The zero-order valence-corrected chi connectivity index (χ0v) is 21.3. The summed E-state index contributed by atoms with van der Waals surface area (Å²) >= 11 is 0. The van der Waals surface area contributed by atoms with Crippen LogP contribution >= 0.6 is 0 Å². The highest BCUT2D eigenvalue weighted by atomic mass is 32.2. The molecule has 1 atom stereocenters. The SMILES string of the molecule is CCOc1ccc(/C(O)=C2\C(=O)C(=O)N(c3ccc(S(N)(=O)=O)cc3)C2c2cccc(OC)c2)cc1C. The Balaban J connectivity index is 1.91. The fourth-order valence-corrected chi connectivity index (χ4v) is 4.81. The van der Waals surface area contributed by atoms with Gasteiger partial charge >= 0.3 is 0 Å². The molecule has 1 fully saturated rings. The van der Waals surface area contributed by atoms with Crippen molar-refractivity contribution in [2.75, 3.05) is 18.6 Å². The number of hydrogen-bond donors (Lipinski definition) is 2. The number of anilines is 1. The molecule has 0 bridgehead atoms. The minimum atomic E-state index is -3.96. The average Bonchev–Trinajstić information content (AvgIpc) is 3.14. The highest BCUT2D eigenvalue weighted by molar-refractivity contribution is 7.89. The number of aryl methyl sites for hydroxylation is 1. The van der Waals surface area contributed by atoms with E-state index in [0.717, 1.165) is 5.56 Å². The lowest BCUT2D eigenvalue weighted by Crippen LogP contribution is -2.29. The van der Waals surface area contributed by atoms with E-state index in [1.165, 1.54) is 36.3 Å². The van der Waals surface area contributed by atoms with Crippen molar-refractivity contribution in [2.45, 2.75) is 24.8 Å². The number of aliphatic hydroxyl groups excluding tert-OH is 1. The first kappa shape index (κ1) is 25.9. The van der Waals surface area contributed by atoms with Crippen LogP contribution in [0.5, 0.6) is 11.5 Å². The topological polar surface area (TPSA) is 136 Å². The van der Waals surface area contributed by atoms with Gasteiger partial charge in [-0.15, -0.1) is 0 Å². The van der Waals surface area contributed by atoms with Gasteiger partial charge in [-0.2, -0.15) is 0 Å². The average molecular weight is 523 g/mol. The number of nitrogens with zero attached hydrogens (tertiary/aromatic N) is 1. The van der Waals surface area contributed by atoms with Gasteiger partial charge in [0.2, 0.25) is 10.0 Å². The highest BCUT2D eigenvalue weighted by Crippen LogP contribution is 2.43. The first-order chi connectivity index (χ1) is 17.6. The second-order valence-corrected chi connectivity index (χ2v) is 9.96. The van der Waals surface area contributed by atoms with Crippen LogP contribution in [0.3, 0.4) is 0 Å². The standard InChI is InChI=1S/C27H26N2O7S/c1-4-36-22-13-8-18(14-16(22)2)25(30)23-24(17-6-5-7-20(15-17)35-3)29(27(32)26(23)31)19-9-11-21(12-10-19)37(28,33)34/h5-15,24,30H,4H2,1-3H3,(H2,28,33,34)/b25-23+. The van der Waals surface area contributed by atoms with Crippen molar-refractivity contribution in [3.05, 3.63) is 89.0 Å². The second-order valence-electron chi connectivity index (χ2n) is 8.40. The Hall–Kier alpha value is -4.15. The molecule has 9 nitrogen and oxygen atoms in total. The number of carbonyl (C=O) groups excluding carboxylic acids is 2. The summed E-state index contributed by atoms with van der Waals surface area (Å²) in [5.41, 5.74) is 1.74. The van der Waals surface area contributed by atoms with Crippen molar-refractivity contribution < 1.29 is 32.6 Å². The fraction of sp³-hybridized carbons (Fsp3) is 0.185. The minimum Gasteiger partial charge on any atom is -0.507 e. The number of hydrogen-bond acceptors (Lipinski definition) is 7. The van der Waals surface area contributed by atoms with E-state index in [1.807, 2.05) is 13.8 Å². The molecule has 1 saturated heterocycles. The molecule has 192 valence electrons. The van der Waals surface area contributed by atoms with Gasteiger partial charge in [-0.25, -0.2) is 13.6 Å². The lowest BCUT2D eigenvalue weighted by molar-refractivity contribution is -0.132. The number of rotatable bonds is 7. The third-order valence-electron chi connectivity index (χ3n) is 6.05. The third kappa shape index (κ3) is 4.93.